The van der Waals surface area contributed by atoms with Gasteiger partial charge in [0.1, 0.15) is 48.8 Å². The molecule has 0 unspecified atom stereocenters. The van der Waals surface area contributed by atoms with Crippen LogP contribution in [0.2, 0.25) is 0 Å². The maximum atomic E-state index is 14.1. The van der Waals surface area contributed by atoms with E-state index < -0.39 is 60.4 Å². The van der Waals surface area contributed by atoms with E-state index in [-0.39, 0.29) is 37.4 Å². The van der Waals surface area contributed by atoms with Gasteiger partial charge in [0.15, 0.2) is 0 Å². The minimum Gasteiger partial charge on any atom is -0.460 e. The number of hydrogen-bond acceptors (Lipinski definition) is 11. The van der Waals surface area contributed by atoms with Crippen molar-refractivity contribution in [2.45, 2.75) is 147 Å². The molecule has 4 amide bonds. The van der Waals surface area contributed by atoms with Crippen molar-refractivity contribution >= 4 is 36.1 Å². The lowest BCUT2D eigenvalue weighted by atomic mass is 9.55. The predicted octanol–water partition coefficient (Wildman–Crippen LogP) is 7.53. The third kappa shape index (κ3) is 12.8. The van der Waals surface area contributed by atoms with E-state index in [4.69, 9.17) is 23.7 Å². The average Bonchev–Trinajstić information content (AvgIpc) is 3.26. The van der Waals surface area contributed by atoms with Crippen LogP contribution in [0.25, 0.3) is 0 Å². The zero-order valence-electron chi connectivity index (χ0n) is 38.6. The molecule has 10 rings (SSSR count). The largest absolute Gasteiger partial charge is 0.514 e. The fraction of sp³-hybridized carbons (Fsp3) is 0.647. The van der Waals surface area contributed by atoms with Crippen molar-refractivity contribution < 1.29 is 52.5 Å². The summed E-state index contributed by atoms with van der Waals surface area (Å²) >= 11 is 0. The summed E-state index contributed by atoms with van der Waals surface area (Å²) in [6.45, 7) is 5.03. The Bertz CT molecular complexity index is 1980. The molecule has 358 valence electrons. The standard InChI is InChI=1S/C51H68N4O11/c1-51(2,3)66-49(60)55-42(27-30-12-14-40(15-13-30)63-50(61)65-45-38-23-34-18-35(25-38)26-39(45)24-34)47(58)54-41(46(57)53-28-43(56)62-29-31-9-5-4-6-10-31)11-7-8-16-52-48(59)64-44-36-19-32-17-33(21-36)22-37(44)20-32/h4-6,9-10,12-15,32-39,41-42,44-45H,7-8,11,16-29H2,1-3H3,(H,52,59)(H,53,57)(H,54,58)(H,55,60)/t32?,33?,34?,35?,36?,37?,38?,39?,41-,42-,44?,45?/m0/s1. The molecular weight excluding hydrogens is 845 g/mol. The van der Waals surface area contributed by atoms with Crippen molar-refractivity contribution in [1.82, 2.24) is 21.3 Å². The number of nitrogens with one attached hydrogen (secondary N) is 4. The van der Waals surface area contributed by atoms with Crippen molar-refractivity contribution in [3.8, 4) is 5.75 Å². The van der Waals surface area contributed by atoms with Crippen LogP contribution in [0.3, 0.4) is 0 Å². The maximum absolute atomic E-state index is 14.1. The Hall–Kier alpha value is -5.34. The van der Waals surface area contributed by atoms with Gasteiger partial charge in [-0.05, 0) is 175 Å². The summed E-state index contributed by atoms with van der Waals surface area (Å²) in [4.78, 5) is 79.4. The number of amides is 4. The smallest absolute Gasteiger partial charge is 0.460 e. The maximum Gasteiger partial charge on any atom is 0.514 e. The number of unbranched alkanes of at least 4 members (excludes halogenated alkanes) is 1. The third-order valence-electron chi connectivity index (χ3n) is 14.8. The van der Waals surface area contributed by atoms with Gasteiger partial charge in [-0.25, -0.2) is 14.4 Å². The SMILES string of the molecule is CC(C)(C)OC(=O)N[C@@H](Cc1ccc(OC(=O)OC2C3CC4CC(C3)CC2C4)cc1)C(=O)N[C@@H](CCCCNC(=O)OC1C2CC3CC(C2)CC1C3)C(=O)NCC(=O)OCc1ccccc1. The van der Waals surface area contributed by atoms with Crippen molar-refractivity contribution in [3.63, 3.8) is 0 Å². The Balaban J connectivity index is 0.865. The van der Waals surface area contributed by atoms with Gasteiger partial charge in [-0.2, -0.15) is 0 Å². The second kappa shape index (κ2) is 21.1. The molecule has 8 bridgehead atoms. The number of carbonyl (C=O) groups excluding carboxylic acids is 6. The van der Waals surface area contributed by atoms with Crippen LogP contribution in [0.15, 0.2) is 54.6 Å². The Morgan fingerprint density at radius 1 is 0.606 bits per heavy atom. The highest BCUT2D eigenvalue weighted by Gasteiger charge is 2.51. The van der Waals surface area contributed by atoms with Gasteiger partial charge in [-0.1, -0.05) is 42.5 Å². The highest BCUT2D eigenvalue weighted by molar-refractivity contribution is 5.92. The van der Waals surface area contributed by atoms with E-state index in [2.05, 4.69) is 21.3 Å². The van der Waals surface area contributed by atoms with E-state index in [1.54, 1.807) is 45.0 Å². The van der Waals surface area contributed by atoms with Gasteiger partial charge < -0.3 is 45.0 Å². The summed E-state index contributed by atoms with van der Waals surface area (Å²) in [5.41, 5.74) is 0.559. The molecule has 66 heavy (non-hydrogen) atoms. The number of benzene rings is 2. The van der Waals surface area contributed by atoms with E-state index in [1.807, 2.05) is 30.3 Å². The summed E-state index contributed by atoms with van der Waals surface area (Å²) in [5.74, 6) is 3.06. The van der Waals surface area contributed by atoms with Crippen molar-refractivity contribution in [2.24, 2.45) is 47.3 Å². The number of esters is 1. The van der Waals surface area contributed by atoms with Crippen LogP contribution in [0.1, 0.15) is 115 Å². The van der Waals surface area contributed by atoms with Crippen LogP contribution >= 0.6 is 0 Å². The average molecular weight is 913 g/mol. The highest BCUT2D eigenvalue weighted by Crippen LogP contribution is 2.56. The van der Waals surface area contributed by atoms with E-state index in [0.717, 1.165) is 80.6 Å². The molecule has 0 radical (unpaired) electrons. The zero-order chi connectivity index (χ0) is 46.4. The molecule has 8 saturated carbocycles. The lowest BCUT2D eigenvalue weighted by Crippen LogP contribution is -2.55. The number of rotatable bonds is 18. The lowest BCUT2D eigenvalue weighted by molar-refractivity contribution is -0.145. The molecule has 2 aromatic carbocycles. The van der Waals surface area contributed by atoms with Crippen LogP contribution in [-0.4, -0.2) is 79.1 Å². The number of hydrogen-bond donors (Lipinski definition) is 4. The normalized spacial score (nSPS) is 28.6. The Morgan fingerprint density at radius 3 is 1.76 bits per heavy atom. The first-order valence-electron chi connectivity index (χ1n) is 24.4. The Morgan fingerprint density at radius 2 is 1.18 bits per heavy atom. The first-order chi connectivity index (χ1) is 31.7. The molecule has 8 aliphatic carbocycles. The van der Waals surface area contributed by atoms with Crippen LogP contribution in [0.4, 0.5) is 14.4 Å². The molecule has 2 atom stereocenters. The highest BCUT2D eigenvalue weighted by atomic mass is 16.7. The number of ether oxygens (including phenoxy) is 5. The predicted molar refractivity (Wildman–Crippen MR) is 242 cm³/mol. The van der Waals surface area contributed by atoms with Crippen molar-refractivity contribution in [1.29, 1.82) is 0 Å². The minimum absolute atomic E-state index is 0.000225. The molecule has 8 fully saturated rings. The number of alkyl carbamates (subject to hydrolysis) is 2. The van der Waals surface area contributed by atoms with E-state index in [9.17, 15) is 28.8 Å². The van der Waals surface area contributed by atoms with Gasteiger partial charge in [-0.15, -0.1) is 0 Å². The minimum atomic E-state index is -1.19. The van der Waals surface area contributed by atoms with E-state index in [0.29, 0.717) is 48.6 Å². The summed E-state index contributed by atoms with van der Waals surface area (Å²) in [6.07, 6.45) is 10.5. The van der Waals surface area contributed by atoms with E-state index in [1.165, 1.54) is 12.8 Å². The topological polar surface area (TPSA) is 197 Å². The Labute approximate surface area is 387 Å². The van der Waals surface area contributed by atoms with Crippen molar-refractivity contribution in [3.05, 3.63) is 65.7 Å². The summed E-state index contributed by atoms with van der Waals surface area (Å²) in [6, 6.07) is 13.4. The van der Waals surface area contributed by atoms with Gasteiger partial charge >= 0.3 is 24.3 Å². The van der Waals surface area contributed by atoms with Gasteiger partial charge in [0.2, 0.25) is 11.8 Å². The second-order valence-electron chi connectivity index (χ2n) is 21.1. The molecule has 0 saturated heterocycles. The second-order valence-corrected chi connectivity index (χ2v) is 21.1. The molecule has 8 aliphatic rings. The monoisotopic (exact) mass is 912 g/mol. The summed E-state index contributed by atoms with van der Waals surface area (Å²) in [5, 5.41) is 10.9. The first kappa shape index (κ1) is 47.2. The Kier molecular flexibility index (Phi) is 15.1. The first-order valence-corrected chi connectivity index (χ1v) is 24.4. The molecule has 0 aromatic heterocycles. The third-order valence-corrected chi connectivity index (χ3v) is 14.8. The van der Waals surface area contributed by atoms with Gasteiger partial charge in [0.25, 0.3) is 0 Å². The van der Waals surface area contributed by atoms with Gasteiger partial charge in [0.05, 0.1) is 0 Å². The lowest BCUT2D eigenvalue weighted by Gasteiger charge is -2.53. The summed E-state index contributed by atoms with van der Waals surface area (Å²) in [7, 11) is 0. The van der Waals surface area contributed by atoms with E-state index >= 15 is 0 Å². The molecule has 4 N–H and O–H groups in total. The fourth-order valence-corrected chi connectivity index (χ4v) is 12.4. The molecule has 0 aliphatic heterocycles. The quantitative estimate of drug-likeness (QED) is 0.0500. The van der Waals surface area contributed by atoms with Crippen LogP contribution in [0.5, 0.6) is 5.75 Å². The van der Waals surface area contributed by atoms with Gasteiger partial charge in [0, 0.05) is 13.0 Å². The van der Waals surface area contributed by atoms with Crippen molar-refractivity contribution in [2.75, 3.05) is 13.1 Å². The van der Waals surface area contributed by atoms with Crippen LogP contribution in [-0.2, 0) is 46.4 Å². The molecule has 15 nitrogen and oxygen atoms in total. The van der Waals surface area contributed by atoms with Crippen LogP contribution < -0.4 is 26.0 Å². The molecule has 15 heteroatoms. The number of carbonyl (C=O) groups is 6. The van der Waals surface area contributed by atoms with Crippen LogP contribution in [0, 0.1) is 47.3 Å². The van der Waals surface area contributed by atoms with Gasteiger partial charge in [-0.3, -0.25) is 14.4 Å². The molecule has 0 spiro atoms. The fourth-order valence-electron chi connectivity index (χ4n) is 12.4. The molecule has 2 aromatic rings. The molecule has 0 heterocycles. The molecular formula is C51H68N4O11. The zero-order valence-corrected chi connectivity index (χ0v) is 38.6. The summed E-state index contributed by atoms with van der Waals surface area (Å²) < 4.78 is 28.3.